The monoisotopic (exact) mass is 470 g/mol. The van der Waals surface area contributed by atoms with Crippen molar-refractivity contribution >= 4 is 28.5 Å². The summed E-state index contributed by atoms with van der Waals surface area (Å²) in [6.07, 6.45) is -0.100. The van der Waals surface area contributed by atoms with Crippen LogP contribution in [0.2, 0.25) is 0 Å². The Morgan fingerprint density at radius 2 is 1.80 bits per heavy atom. The highest BCUT2D eigenvalue weighted by molar-refractivity contribution is 6.04. The SMILES string of the molecule is CC(=O)Oc1cccc2c1cc(C)n2C(=O)c1ccc(OC[C@@H]2CN(C)c3ccccc3O2)cc1. The average molecular weight is 471 g/mol. The van der Waals surface area contributed by atoms with Gasteiger partial charge in [-0.05, 0) is 61.5 Å². The highest BCUT2D eigenvalue weighted by Crippen LogP contribution is 2.32. The Kier molecular flexibility index (Phi) is 5.91. The quantitative estimate of drug-likeness (QED) is 0.307. The van der Waals surface area contributed by atoms with Crippen LogP contribution < -0.4 is 19.1 Å². The number of fused-ring (bicyclic) bond motifs is 2. The Hall–Kier alpha value is -4.26. The van der Waals surface area contributed by atoms with E-state index in [1.54, 1.807) is 41.0 Å². The lowest BCUT2D eigenvalue weighted by Crippen LogP contribution is -2.41. The van der Waals surface area contributed by atoms with Crippen LogP contribution in [-0.2, 0) is 4.79 Å². The van der Waals surface area contributed by atoms with E-state index in [0.717, 1.165) is 23.7 Å². The first-order chi connectivity index (χ1) is 16.9. The second-order valence-electron chi connectivity index (χ2n) is 8.63. The molecule has 0 saturated heterocycles. The zero-order chi connectivity index (χ0) is 24.5. The number of aryl methyl sites for hydroxylation is 1. The third-order valence-corrected chi connectivity index (χ3v) is 6.03. The average Bonchev–Trinajstić information content (AvgIpc) is 3.19. The Morgan fingerprint density at radius 1 is 1.03 bits per heavy atom. The number of rotatable bonds is 5. The van der Waals surface area contributed by atoms with Gasteiger partial charge in [0.15, 0.2) is 0 Å². The van der Waals surface area contributed by atoms with E-state index >= 15 is 0 Å². The summed E-state index contributed by atoms with van der Waals surface area (Å²) in [4.78, 5) is 26.9. The third-order valence-electron chi connectivity index (χ3n) is 6.03. The minimum atomic E-state index is -0.403. The fraction of sp³-hybridized carbons (Fsp3) is 0.214. The molecule has 7 nitrogen and oxygen atoms in total. The first kappa shape index (κ1) is 22.5. The lowest BCUT2D eigenvalue weighted by atomic mass is 10.2. The van der Waals surface area contributed by atoms with Crippen LogP contribution in [0.4, 0.5) is 5.69 Å². The lowest BCUT2D eigenvalue weighted by molar-refractivity contribution is -0.131. The Morgan fingerprint density at radius 3 is 2.57 bits per heavy atom. The van der Waals surface area contributed by atoms with E-state index in [1.165, 1.54) is 6.92 Å². The summed E-state index contributed by atoms with van der Waals surface area (Å²) < 4.78 is 19.0. The van der Waals surface area contributed by atoms with Crippen molar-refractivity contribution in [2.24, 2.45) is 0 Å². The maximum atomic E-state index is 13.3. The second kappa shape index (κ2) is 9.18. The molecule has 1 aliphatic heterocycles. The number of hydrogen-bond donors (Lipinski definition) is 0. The van der Waals surface area contributed by atoms with Crippen LogP contribution in [0.5, 0.6) is 17.2 Å². The van der Waals surface area contributed by atoms with Gasteiger partial charge in [0.2, 0.25) is 0 Å². The van der Waals surface area contributed by atoms with Crippen molar-refractivity contribution in [3.05, 3.63) is 84.1 Å². The van der Waals surface area contributed by atoms with Crippen LogP contribution >= 0.6 is 0 Å². The van der Waals surface area contributed by atoms with Crippen molar-refractivity contribution in [3.63, 3.8) is 0 Å². The van der Waals surface area contributed by atoms with Crippen LogP contribution in [0.1, 0.15) is 23.0 Å². The minimum absolute atomic E-state index is 0.100. The lowest BCUT2D eigenvalue weighted by Gasteiger charge is -2.33. The summed E-state index contributed by atoms with van der Waals surface area (Å²) in [6, 6.07) is 22.2. The van der Waals surface area contributed by atoms with Gasteiger partial charge in [-0.15, -0.1) is 0 Å². The van der Waals surface area contributed by atoms with Crippen molar-refractivity contribution in [1.82, 2.24) is 4.57 Å². The third kappa shape index (κ3) is 4.45. The molecule has 0 amide bonds. The molecule has 3 aromatic carbocycles. The van der Waals surface area contributed by atoms with E-state index in [4.69, 9.17) is 14.2 Å². The number of hydrogen-bond acceptors (Lipinski definition) is 6. The molecule has 0 unspecified atom stereocenters. The molecule has 0 spiro atoms. The Labute approximate surface area is 203 Å². The van der Waals surface area contributed by atoms with Crippen molar-refractivity contribution in [2.45, 2.75) is 20.0 Å². The number of aromatic nitrogens is 1. The number of ether oxygens (including phenoxy) is 3. The number of nitrogens with zero attached hydrogens (tertiary/aromatic N) is 2. The molecule has 4 aromatic rings. The highest BCUT2D eigenvalue weighted by atomic mass is 16.5. The van der Waals surface area contributed by atoms with E-state index in [1.807, 2.05) is 50.4 Å². The topological polar surface area (TPSA) is 70.0 Å². The summed E-state index contributed by atoms with van der Waals surface area (Å²) in [6.45, 7) is 4.33. The summed E-state index contributed by atoms with van der Waals surface area (Å²) in [5, 5.41) is 0.715. The Bertz CT molecular complexity index is 1410. The van der Waals surface area contributed by atoms with E-state index in [0.29, 0.717) is 34.6 Å². The molecule has 0 N–H and O–H groups in total. The molecule has 5 rings (SSSR count). The molecule has 0 fully saturated rings. The molecular formula is C28H26N2O5. The number of likely N-dealkylation sites (N-methyl/N-ethyl adjacent to an activating group) is 1. The highest BCUT2D eigenvalue weighted by Gasteiger charge is 2.24. The first-order valence-electron chi connectivity index (χ1n) is 11.4. The summed E-state index contributed by atoms with van der Waals surface area (Å²) in [7, 11) is 2.04. The number of para-hydroxylation sites is 2. The van der Waals surface area contributed by atoms with Gasteiger partial charge in [0.25, 0.3) is 5.91 Å². The van der Waals surface area contributed by atoms with Gasteiger partial charge in [0.05, 0.1) is 17.7 Å². The zero-order valence-corrected chi connectivity index (χ0v) is 19.9. The van der Waals surface area contributed by atoms with E-state index < -0.39 is 5.97 Å². The fourth-order valence-electron chi connectivity index (χ4n) is 4.44. The fourth-order valence-corrected chi connectivity index (χ4v) is 4.44. The van der Waals surface area contributed by atoms with E-state index in [-0.39, 0.29) is 12.0 Å². The smallest absolute Gasteiger partial charge is 0.308 e. The normalized spacial score (nSPS) is 14.8. The largest absolute Gasteiger partial charge is 0.490 e. The molecule has 1 aromatic heterocycles. The summed E-state index contributed by atoms with van der Waals surface area (Å²) >= 11 is 0. The molecule has 0 radical (unpaired) electrons. The molecule has 0 saturated carbocycles. The van der Waals surface area contributed by atoms with Gasteiger partial charge < -0.3 is 19.1 Å². The Balaban J connectivity index is 1.30. The summed E-state index contributed by atoms with van der Waals surface area (Å²) in [5.74, 6) is 1.38. The number of carbonyl (C=O) groups is 2. The molecule has 0 aliphatic carbocycles. The number of benzene rings is 3. The first-order valence-corrected chi connectivity index (χ1v) is 11.4. The van der Waals surface area contributed by atoms with Gasteiger partial charge in [-0.3, -0.25) is 14.2 Å². The predicted octanol–water partition coefficient (Wildman–Crippen LogP) is 4.84. The second-order valence-corrected chi connectivity index (χ2v) is 8.63. The van der Waals surface area contributed by atoms with Crippen LogP contribution in [0.15, 0.2) is 72.8 Å². The van der Waals surface area contributed by atoms with Crippen molar-refractivity contribution < 1.29 is 23.8 Å². The van der Waals surface area contributed by atoms with Crippen molar-refractivity contribution in [2.75, 3.05) is 25.1 Å². The van der Waals surface area contributed by atoms with E-state index in [2.05, 4.69) is 4.90 Å². The molecule has 7 heteroatoms. The van der Waals surface area contributed by atoms with E-state index in [9.17, 15) is 9.59 Å². The zero-order valence-electron chi connectivity index (χ0n) is 19.9. The summed E-state index contributed by atoms with van der Waals surface area (Å²) in [5.41, 5.74) is 3.03. The molecule has 0 bridgehead atoms. The van der Waals surface area contributed by atoms with Crippen LogP contribution in [-0.4, -0.2) is 42.7 Å². The van der Waals surface area contributed by atoms with Gasteiger partial charge in [0, 0.05) is 30.6 Å². The van der Waals surface area contributed by atoms with Gasteiger partial charge >= 0.3 is 5.97 Å². The number of anilines is 1. The number of esters is 1. The standard InChI is InChI=1S/C28H26N2O5/c1-18-15-23-24(8-6-10-26(23)34-19(2)31)30(18)28(32)20-11-13-21(14-12-20)33-17-22-16-29(3)25-7-4-5-9-27(25)35-22/h4-15,22H,16-17H2,1-3H3/t22-/m0/s1. The molecular weight excluding hydrogens is 444 g/mol. The minimum Gasteiger partial charge on any atom is -0.490 e. The van der Waals surface area contributed by atoms with Crippen LogP contribution in [0, 0.1) is 6.92 Å². The molecule has 178 valence electrons. The molecule has 2 heterocycles. The van der Waals surface area contributed by atoms with Crippen LogP contribution in [0.25, 0.3) is 10.9 Å². The number of carbonyl (C=O) groups excluding carboxylic acids is 2. The molecule has 1 aliphatic rings. The van der Waals surface area contributed by atoms with Crippen LogP contribution in [0.3, 0.4) is 0 Å². The van der Waals surface area contributed by atoms with Gasteiger partial charge in [0.1, 0.15) is 30.0 Å². The molecule has 1 atom stereocenters. The van der Waals surface area contributed by atoms with Gasteiger partial charge in [-0.1, -0.05) is 18.2 Å². The van der Waals surface area contributed by atoms with Gasteiger partial charge in [-0.25, -0.2) is 0 Å². The molecule has 35 heavy (non-hydrogen) atoms. The maximum absolute atomic E-state index is 13.3. The predicted molar refractivity (Wildman–Crippen MR) is 134 cm³/mol. The van der Waals surface area contributed by atoms with Crippen molar-refractivity contribution in [1.29, 1.82) is 0 Å². The van der Waals surface area contributed by atoms with Gasteiger partial charge in [-0.2, -0.15) is 0 Å². The van der Waals surface area contributed by atoms with Crippen molar-refractivity contribution in [3.8, 4) is 17.2 Å². The maximum Gasteiger partial charge on any atom is 0.308 e.